The summed E-state index contributed by atoms with van der Waals surface area (Å²) in [6, 6.07) is 12.6. The summed E-state index contributed by atoms with van der Waals surface area (Å²) in [6.45, 7) is 1.91. The normalized spacial score (nSPS) is 10.7. The Morgan fingerprint density at radius 3 is 2.39 bits per heavy atom. The number of rotatable bonds is 6. The molecule has 3 aromatic rings. The molecule has 0 aliphatic heterocycles. The molecule has 1 N–H and O–H groups in total. The summed E-state index contributed by atoms with van der Waals surface area (Å²) in [6.07, 6.45) is 0. The van der Waals surface area contributed by atoms with Crippen LogP contribution in [0.2, 0.25) is 0 Å². The fourth-order valence-corrected chi connectivity index (χ4v) is 3.15. The van der Waals surface area contributed by atoms with Crippen LogP contribution in [0.25, 0.3) is 10.9 Å². The topological polar surface area (TPSA) is 87.0 Å². The number of benzene rings is 2. The number of fused-ring (bicyclic) bond motifs is 1. The van der Waals surface area contributed by atoms with E-state index < -0.39 is 22.8 Å². The third kappa shape index (κ3) is 3.26. The van der Waals surface area contributed by atoms with Gasteiger partial charge in [-0.3, -0.25) is 4.79 Å². The van der Waals surface area contributed by atoms with E-state index in [1.54, 1.807) is 19.1 Å². The summed E-state index contributed by atoms with van der Waals surface area (Å²) in [5, 5.41) is 11.0. The molecule has 0 bridgehead atoms. The highest BCUT2D eigenvalue weighted by molar-refractivity contribution is 6.02. The molecule has 1 aromatic heterocycles. The summed E-state index contributed by atoms with van der Waals surface area (Å²) in [5.41, 5.74) is 0.203. The first-order valence-corrected chi connectivity index (χ1v) is 8.74. The number of carbonyl (C=O) groups excluding carboxylic acids is 1. The summed E-state index contributed by atoms with van der Waals surface area (Å²) < 4.78 is 17.1. The van der Waals surface area contributed by atoms with Crippen LogP contribution in [0.1, 0.15) is 22.8 Å². The maximum atomic E-state index is 13.1. The molecule has 0 unspecified atom stereocenters. The SMILES string of the molecule is CCOC(=O)c1c(O)c2c(OC)c(OC)ccc2n(Cc2ccccc2)c1=O. The standard InChI is InChI=1S/C21H21NO6/c1-4-28-21(25)17-18(23)16-14(10-11-15(26-2)19(16)27-3)22(20(17)24)12-13-8-6-5-7-9-13/h5-11,23H,4,12H2,1-3H3. The highest BCUT2D eigenvalue weighted by Gasteiger charge is 2.26. The number of nitrogens with zero attached hydrogens (tertiary/aromatic N) is 1. The Labute approximate surface area is 161 Å². The van der Waals surface area contributed by atoms with Gasteiger partial charge in [-0.15, -0.1) is 0 Å². The second-order valence-electron chi connectivity index (χ2n) is 6.02. The lowest BCUT2D eigenvalue weighted by molar-refractivity contribution is 0.0520. The number of hydrogen-bond acceptors (Lipinski definition) is 6. The van der Waals surface area contributed by atoms with Crippen molar-refractivity contribution in [2.75, 3.05) is 20.8 Å². The molecule has 0 fully saturated rings. The second kappa shape index (κ2) is 8.04. The quantitative estimate of drug-likeness (QED) is 0.659. The van der Waals surface area contributed by atoms with E-state index >= 15 is 0 Å². The van der Waals surface area contributed by atoms with Gasteiger partial charge < -0.3 is 23.9 Å². The first-order chi connectivity index (χ1) is 13.5. The highest BCUT2D eigenvalue weighted by atomic mass is 16.5. The van der Waals surface area contributed by atoms with Crippen LogP contribution in [0.15, 0.2) is 47.3 Å². The van der Waals surface area contributed by atoms with E-state index in [0.717, 1.165) is 5.56 Å². The first-order valence-electron chi connectivity index (χ1n) is 8.74. The Bertz CT molecular complexity index is 1070. The van der Waals surface area contributed by atoms with Crippen molar-refractivity contribution in [2.45, 2.75) is 13.5 Å². The molecule has 1 heterocycles. The molecule has 0 aliphatic rings. The number of esters is 1. The summed E-state index contributed by atoms with van der Waals surface area (Å²) in [7, 11) is 2.89. The van der Waals surface area contributed by atoms with Crippen LogP contribution in [0, 0.1) is 0 Å². The van der Waals surface area contributed by atoms with Gasteiger partial charge >= 0.3 is 5.97 Å². The van der Waals surface area contributed by atoms with E-state index in [-0.39, 0.29) is 24.3 Å². The molecule has 146 valence electrons. The molecule has 0 saturated heterocycles. The molecule has 0 atom stereocenters. The van der Waals surface area contributed by atoms with Crippen molar-refractivity contribution in [3.8, 4) is 17.2 Å². The lowest BCUT2D eigenvalue weighted by Crippen LogP contribution is -2.28. The molecule has 3 rings (SSSR count). The molecule has 0 spiro atoms. The molecule has 0 radical (unpaired) electrons. The monoisotopic (exact) mass is 383 g/mol. The lowest BCUT2D eigenvalue weighted by atomic mass is 10.1. The maximum Gasteiger partial charge on any atom is 0.347 e. The van der Waals surface area contributed by atoms with Gasteiger partial charge in [0.25, 0.3) is 5.56 Å². The second-order valence-corrected chi connectivity index (χ2v) is 6.02. The molecular weight excluding hydrogens is 362 g/mol. The Morgan fingerprint density at radius 2 is 1.79 bits per heavy atom. The molecular formula is C21H21NO6. The third-order valence-corrected chi connectivity index (χ3v) is 4.41. The molecule has 7 heteroatoms. The Morgan fingerprint density at radius 1 is 1.07 bits per heavy atom. The summed E-state index contributed by atoms with van der Waals surface area (Å²) in [5.74, 6) is -0.785. The predicted molar refractivity (Wildman–Crippen MR) is 104 cm³/mol. The van der Waals surface area contributed by atoms with Crippen LogP contribution < -0.4 is 15.0 Å². The van der Waals surface area contributed by atoms with Crippen molar-refractivity contribution < 1.29 is 24.1 Å². The van der Waals surface area contributed by atoms with Gasteiger partial charge in [0, 0.05) is 0 Å². The Balaban J connectivity index is 2.40. The van der Waals surface area contributed by atoms with Crippen molar-refractivity contribution in [1.29, 1.82) is 0 Å². The van der Waals surface area contributed by atoms with Gasteiger partial charge in [-0.2, -0.15) is 0 Å². The van der Waals surface area contributed by atoms with Crippen LogP contribution in [-0.2, 0) is 11.3 Å². The molecule has 28 heavy (non-hydrogen) atoms. The summed E-state index contributed by atoms with van der Waals surface area (Å²) >= 11 is 0. The van der Waals surface area contributed by atoms with Gasteiger partial charge in [-0.25, -0.2) is 4.79 Å². The van der Waals surface area contributed by atoms with Gasteiger partial charge in [0.2, 0.25) is 0 Å². The van der Waals surface area contributed by atoms with Crippen molar-refractivity contribution in [2.24, 2.45) is 0 Å². The minimum absolute atomic E-state index is 0.0731. The molecule has 0 amide bonds. The van der Waals surface area contributed by atoms with Crippen LogP contribution >= 0.6 is 0 Å². The number of aromatic nitrogens is 1. The largest absolute Gasteiger partial charge is 0.506 e. The van der Waals surface area contributed by atoms with Crippen molar-refractivity contribution in [1.82, 2.24) is 4.57 Å². The number of methoxy groups -OCH3 is 2. The van der Waals surface area contributed by atoms with Crippen molar-refractivity contribution in [3.63, 3.8) is 0 Å². The number of pyridine rings is 1. The van der Waals surface area contributed by atoms with E-state index in [1.807, 2.05) is 30.3 Å². The fourth-order valence-electron chi connectivity index (χ4n) is 3.15. The van der Waals surface area contributed by atoms with Gasteiger partial charge in [-0.05, 0) is 24.6 Å². The Hall–Kier alpha value is -3.48. The number of carbonyl (C=O) groups is 1. The van der Waals surface area contributed by atoms with Crippen molar-refractivity contribution >= 4 is 16.9 Å². The minimum atomic E-state index is -0.890. The Kier molecular flexibility index (Phi) is 5.54. The number of hydrogen-bond donors (Lipinski definition) is 1. The molecule has 0 saturated carbocycles. The maximum absolute atomic E-state index is 13.1. The minimum Gasteiger partial charge on any atom is -0.506 e. The highest BCUT2D eigenvalue weighted by Crippen LogP contribution is 2.41. The lowest BCUT2D eigenvalue weighted by Gasteiger charge is -2.18. The summed E-state index contributed by atoms with van der Waals surface area (Å²) in [4.78, 5) is 25.5. The van der Waals surface area contributed by atoms with Crippen LogP contribution in [-0.4, -0.2) is 36.5 Å². The molecule has 7 nitrogen and oxygen atoms in total. The zero-order valence-electron chi connectivity index (χ0n) is 15.9. The average Bonchev–Trinajstić information content (AvgIpc) is 2.71. The van der Waals surface area contributed by atoms with E-state index in [9.17, 15) is 14.7 Å². The van der Waals surface area contributed by atoms with Gasteiger partial charge in [0.15, 0.2) is 17.1 Å². The fraction of sp³-hybridized carbons (Fsp3) is 0.238. The molecule has 2 aromatic carbocycles. The van der Waals surface area contributed by atoms with Crippen LogP contribution in [0.5, 0.6) is 17.2 Å². The number of ether oxygens (including phenoxy) is 3. The molecule has 0 aliphatic carbocycles. The smallest absolute Gasteiger partial charge is 0.347 e. The number of aromatic hydroxyl groups is 1. The van der Waals surface area contributed by atoms with Crippen molar-refractivity contribution in [3.05, 3.63) is 63.9 Å². The van der Waals surface area contributed by atoms with Gasteiger partial charge in [0.05, 0.1) is 38.3 Å². The zero-order chi connectivity index (χ0) is 20.3. The third-order valence-electron chi connectivity index (χ3n) is 4.41. The van der Waals surface area contributed by atoms with Crippen LogP contribution in [0.3, 0.4) is 0 Å². The first kappa shape index (κ1) is 19.3. The average molecular weight is 383 g/mol. The van der Waals surface area contributed by atoms with E-state index in [1.165, 1.54) is 18.8 Å². The zero-order valence-corrected chi connectivity index (χ0v) is 15.9. The van der Waals surface area contributed by atoms with E-state index in [4.69, 9.17) is 14.2 Å². The van der Waals surface area contributed by atoms with E-state index in [2.05, 4.69) is 0 Å². The van der Waals surface area contributed by atoms with Crippen LogP contribution in [0.4, 0.5) is 0 Å². The van der Waals surface area contributed by atoms with Gasteiger partial charge in [-0.1, -0.05) is 30.3 Å². The van der Waals surface area contributed by atoms with Gasteiger partial charge in [0.1, 0.15) is 5.75 Å². The predicted octanol–water partition coefficient (Wildman–Crippen LogP) is 2.95. The van der Waals surface area contributed by atoms with E-state index in [0.29, 0.717) is 11.3 Å².